The highest BCUT2D eigenvalue weighted by atomic mass is 32.2. The molecule has 3 aromatic carbocycles. The number of carbonyl (C=O) groups excluding carboxylic acids is 2. The monoisotopic (exact) mass is 542 g/mol. The number of carbonyl (C=O) groups is 2. The van der Waals surface area contributed by atoms with Gasteiger partial charge in [0.2, 0.25) is 0 Å². The van der Waals surface area contributed by atoms with Crippen molar-refractivity contribution in [2.75, 3.05) is 12.4 Å². The van der Waals surface area contributed by atoms with Gasteiger partial charge in [0.25, 0.3) is 5.91 Å². The Morgan fingerprint density at radius 2 is 1.69 bits per heavy atom. The summed E-state index contributed by atoms with van der Waals surface area (Å²) in [7, 11) is 0. The second-order valence-electron chi connectivity index (χ2n) is 9.58. The smallest absolute Gasteiger partial charge is 0.250 e. The molecule has 0 atom stereocenters. The number of nitrogens with one attached hydrogen (secondary N) is 1. The highest BCUT2D eigenvalue weighted by Crippen LogP contribution is 2.30. The molecule has 1 amide bonds. The average molecular weight is 543 g/mol. The second kappa shape index (κ2) is 12.4. The predicted molar refractivity (Wildman–Crippen MR) is 149 cm³/mol. The van der Waals surface area contributed by atoms with Crippen LogP contribution in [0.1, 0.15) is 31.9 Å². The van der Waals surface area contributed by atoms with E-state index >= 15 is 0 Å². The Morgan fingerprint density at radius 1 is 1.00 bits per heavy atom. The van der Waals surface area contributed by atoms with Gasteiger partial charge in [-0.25, -0.2) is 5.43 Å². The molecular formula is C29H28N5O4S-. The third-order valence-corrected chi connectivity index (χ3v) is 6.58. The minimum atomic E-state index is -1.33. The molecule has 0 saturated heterocycles. The standard InChI is InChI=1S/C29H29N5O4S/c1-29(2,3)22-15-13-20(14-16-22)27-32-33-28(34(27)23-10-5-4-6-11-23)39-19-25(35)31-30-17-21-9-7-8-12-24(21)38-18-26(36)37/h4-17H,18-19H2,1-3H3,(H,31,35)(H,36,37)/p-1/b30-17-. The lowest BCUT2D eigenvalue weighted by atomic mass is 9.87. The maximum absolute atomic E-state index is 12.5. The molecular weight excluding hydrogens is 514 g/mol. The number of hydrogen-bond donors (Lipinski definition) is 1. The molecule has 0 unspecified atom stereocenters. The Morgan fingerprint density at radius 3 is 2.38 bits per heavy atom. The van der Waals surface area contributed by atoms with Gasteiger partial charge in [0.05, 0.1) is 17.9 Å². The van der Waals surface area contributed by atoms with E-state index in [1.54, 1.807) is 24.3 Å². The number of rotatable bonds is 10. The first-order chi connectivity index (χ1) is 18.7. The molecule has 4 rings (SSSR count). The molecule has 0 fully saturated rings. The van der Waals surface area contributed by atoms with E-state index in [-0.39, 0.29) is 17.1 Å². The van der Waals surface area contributed by atoms with Gasteiger partial charge in [-0.05, 0) is 35.2 Å². The zero-order valence-electron chi connectivity index (χ0n) is 21.8. The minimum Gasteiger partial charge on any atom is -0.546 e. The number of carboxylic acid groups (broad SMARTS) is 1. The lowest BCUT2D eigenvalue weighted by Gasteiger charge is -2.19. The molecule has 200 valence electrons. The van der Waals surface area contributed by atoms with E-state index < -0.39 is 12.6 Å². The number of hydrogen-bond acceptors (Lipinski definition) is 8. The number of hydrazone groups is 1. The lowest BCUT2D eigenvalue weighted by molar-refractivity contribution is -0.307. The largest absolute Gasteiger partial charge is 0.546 e. The number of carboxylic acids is 1. The van der Waals surface area contributed by atoms with Crippen LogP contribution in [0, 0.1) is 0 Å². The van der Waals surface area contributed by atoms with E-state index in [1.807, 2.05) is 47.0 Å². The minimum absolute atomic E-state index is 0.0353. The summed E-state index contributed by atoms with van der Waals surface area (Å²) in [5.74, 6) is -0.638. The number of para-hydroxylation sites is 2. The summed E-state index contributed by atoms with van der Waals surface area (Å²) in [6.07, 6.45) is 1.39. The van der Waals surface area contributed by atoms with Gasteiger partial charge in [-0.3, -0.25) is 9.36 Å². The van der Waals surface area contributed by atoms with Gasteiger partial charge in [-0.2, -0.15) is 5.10 Å². The first-order valence-corrected chi connectivity index (χ1v) is 13.2. The number of benzene rings is 3. The summed E-state index contributed by atoms with van der Waals surface area (Å²) in [5, 5.41) is 24.0. The molecule has 0 aliphatic heterocycles. The van der Waals surface area contributed by atoms with Crippen LogP contribution in [0.4, 0.5) is 0 Å². The summed E-state index contributed by atoms with van der Waals surface area (Å²) in [6.45, 7) is 5.92. The molecule has 1 heterocycles. The lowest BCUT2D eigenvalue weighted by Crippen LogP contribution is -2.29. The van der Waals surface area contributed by atoms with Crippen LogP contribution in [0.5, 0.6) is 5.75 Å². The topological polar surface area (TPSA) is 122 Å². The van der Waals surface area contributed by atoms with Crippen LogP contribution in [0.2, 0.25) is 0 Å². The Balaban J connectivity index is 1.47. The van der Waals surface area contributed by atoms with Crippen LogP contribution < -0.4 is 15.3 Å². The number of ether oxygens (including phenoxy) is 1. The molecule has 0 radical (unpaired) electrons. The van der Waals surface area contributed by atoms with Gasteiger partial charge in [0.1, 0.15) is 12.4 Å². The summed E-state index contributed by atoms with van der Waals surface area (Å²) in [5.41, 5.74) is 6.04. The first kappa shape index (κ1) is 27.6. The van der Waals surface area contributed by atoms with Crippen molar-refractivity contribution in [1.82, 2.24) is 20.2 Å². The third kappa shape index (κ3) is 7.32. The van der Waals surface area contributed by atoms with E-state index in [9.17, 15) is 14.7 Å². The van der Waals surface area contributed by atoms with Gasteiger partial charge in [0, 0.05) is 16.8 Å². The van der Waals surface area contributed by atoms with Crippen molar-refractivity contribution < 1.29 is 19.4 Å². The maximum atomic E-state index is 12.5. The first-order valence-electron chi connectivity index (χ1n) is 12.2. The normalized spacial score (nSPS) is 11.5. The summed E-state index contributed by atoms with van der Waals surface area (Å²) in [4.78, 5) is 23.2. The molecule has 0 spiro atoms. The van der Waals surface area contributed by atoms with Gasteiger partial charge >= 0.3 is 0 Å². The Bertz CT molecular complexity index is 1460. The number of aromatic nitrogens is 3. The van der Waals surface area contributed by atoms with Gasteiger partial charge in [-0.15, -0.1) is 10.2 Å². The van der Waals surface area contributed by atoms with E-state index in [1.165, 1.54) is 23.5 Å². The summed E-state index contributed by atoms with van der Waals surface area (Å²) >= 11 is 1.24. The van der Waals surface area contributed by atoms with Crippen molar-refractivity contribution >= 4 is 29.9 Å². The molecule has 0 bridgehead atoms. The van der Waals surface area contributed by atoms with E-state index in [0.29, 0.717) is 22.3 Å². The van der Waals surface area contributed by atoms with Crippen LogP contribution in [0.15, 0.2) is 89.1 Å². The van der Waals surface area contributed by atoms with Crippen LogP contribution in [0.25, 0.3) is 17.1 Å². The Hall–Kier alpha value is -4.44. The van der Waals surface area contributed by atoms with Crippen LogP contribution >= 0.6 is 11.8 Å². The molecule has 1 N–H and O–H groups in total. The molecule has 4 aromatic rings. The highest BCUT2D eigenvalue weighted by Gasteiger charge is 2.19. The Labute approximate surface area is 230 Å². The number of thioether (sulfide) groups is 1. The number of amides is 1. The average Bonchev–Trinajstić information content (AvgIpc) is 3.35. The molecule has 1 aromatic heterocycles. The van der Waals surface area contributed by atoms with Crippen molar-refractivity contribution in [3.63, 3.8) is 0 Å². The molecule has 10 heteroatoms. The maximum Gasteiger partial charge on any atom is 0.250 e. The quantitative estimate of drug-likeness (QED) is 0.185. The zero-order chi connectivity index (χ0) is 27.8. The molecule has 0 aliphatic carbocycles. The van der Waals surface area contributed by atoms with Crippen molar-refractivity contribution in [1.29, 1.82) is 0 Å². The van der Waals surface area contributed by atoms with Crippen molar-refractivity contribution in [3.05, 3.63) is 90.0 Å². The van der Waals surface area contributed by atoms with Crippen LogP contribution in [-0.4, -0.2) is 45.2 Å². The SMILES string of the molecule is CC(C)(C)c1ccc(-c2nnc(SCC(=O)N/N=C\c3ccccc3OCC(=O)[O-])n2-c2ccccc2)cc1. The summed E-state index contributed by atoms with van der Waals surface area (Å²) < 4.78 is 7.12. The number of nitrogens with zero attached hydrogens (tertiary/aromatic N) is 4. The summed E-state index contributed by atoms with van der Waals surface area (Å²) in [6, 6.07) is 24.7. The predicted octanol–water partition coefficient (Wildman–Crippen LogP) is 3.60. The molecule has 39 heavy (non-hydrogen) atoms. The number of aliphatic carboxylic acids is 1. The van der Waals surface area contributed by atoms with E-state index in [0.717, 1.165) is 11.3 Å². The van der Waals surface area contributed by atoms with E-state index in [4.69, 9.17) is 4.74 Å². The van der Waals surface area contributed by atoms with Crippen molar-refractivity contribution in [2.45, 2.75) is 31.3 Å². The molecule has 0 aliphatic rings. The fourth-order valence-corrected chi connectivity index (χ4v) is 4.42. The van der Waals surface area contributed by atoms with Crippen molar-refractivity contribution in [2.24, 2.45) is 5.10 Å². The van der Waals surface area contributed by atoms with Crippen molar-refractivity contribution in [3.8, 4) is 22.8 Å². The fraction of sp³-hybridized carbons (Fsp3) is 0.207. The van der Waals surface area contributed by atoms with Gasteiger partial charge < -0.3 is 14.6 Å². The van der Waals surface area contributed by atoms with Crippen LogP contribution in [-0.2, 0) is 15.0 Å². The molecule has 9 nitrogen and oxygen atoms in total. The third-order valence-electron chi connectivity index (χ3n) is 5.65. The highest BCUT2D eigenvalue weighted by molar-refractivity contribution is 7.99. The second-order valence-corrected chi connectivity index (χ2v) is 10.5. The van der Waals surface area contributed by atoms with Gasteiger partial charge in [0.15, 0.2) is 11.0 Å². The fourth-order valence-electron chi connectivity index (χ4n) is 3.67. The zero-order valence-corrected chi connectivity index (χ0v) is 22.6. The van der Waals surface area contributed by atoms with E-state index in [2.05, 4.69) is 53.6 Å². The van der Waals surface area contributed by atoms with Gasteiger partial charge in [-0.1, -0.05) is 87.1 Å². The van der Waals surface area contributed by atoms with Crippen LogP contribution in [0.3, 0.4) is 0 Å². The Kier molecular flexibility index (Phi) is 8.77. The molecule has 0 saturated carbocycles.